The van der Waals surface area contributed by atoms with Gasteiger partial charge in [-0.1, -0.05) is 18.2 Å². The Morgan fingerprint density at radius 3 is 2.81 bits per heavy atom. The van der Waals surface area contributed by atoms with Crippen LogP contribution in [0.2, 0.25) is 0 Å². The van der Waals surface area contributed by atoms with Gasteiger partial charge in [0.25, 0.3) is 0 Å². The molecule has 3 heterocycles. The van der Waals surface area contributed by atoms with Gasteiger partial charge >= 0.3 is 0 Å². The lowest BCUT2D eigenvalue weighted by atomic mass is 9.92. The fourth-order valence-electron chi connectivity index (χ4n) is 4.65. The summed E-state index contributed by atoms with van der Waals surface area (Å²) >= 11 is 0. The van der Waals surface area contributed by atoms with Gasteiger partial charge in [0.05, 0.1) is 16.7 Å². The Labute approximate surface area is 160 Å². The highest BCUT2D eigenvalue weighted by atomic mass is 15.2. The molecule has 0 saturated carbocycles. The van der Waals surface area contributed by atoms with Crippen molar-refractivity contribution in [2.24, 2.45) is 11.7 Å². The fourth-order valence-corrected chi connectivity index (χ4v) is 4.65. The lowest BCUT2D eigenvalue weighted by Crippen LogP contribution is -2.45. The van der Waals surface area contributed by atoms with E-state index in [0.717, 1.165) is 61.6 Å². The van der Waals surface area contributed by atoms with Crippen molar-refractivity contribution in [3.05, 3.63) is 59.2 Å². The number of benzene rings is 1. The highest BCUT2D eigenvalue weighted by Gasteiger charge is 2.25. The number of aryl methyl sites for hydroxylation is 1. The molecule has 5 nitrogen and oxygen atoms in total. The lowest BCUT2D eigenvalue weighted by molar-refractivity contribution is 0.119. The first-order valence-corrected chi connectivity index (χ1v) is 10.0. The number of para-hydroxylation sites is 2. The van der Waals surface area contributed by atoms with Crippen molar-refractivity contribution in [2.45, 2.75) is 38.3 Å². The van der Waals surface area contributed by atoms with Crippen molar-refractivity contribution in [1.82, 2.24) is 19.4 Å². The Morgan fingerprint density at radius 1 is 1.11 bits per heavy atom. The van der Waals surface area contributed by atoms with Gasteiger partial charge in [-0.3, -0.25) is 4.98 Å². The van der Waals surface area contributed by atoms with E-state index in [-0.39, 0.29) is 6.04 Å². The largest absolute Gasteiger partial charge is 0.327 e. The van der Waals surface area contributed by atoms with Crippen molar-refractivity contribution < 1.29 is 0 Å². The molecule has 5 rings (SSSR count). The van der Waals surface area contributed by atoms with Crippen LogP contribution in [0.4, 0.5) is 0 Å². The third-order valence-electron chi connectivity index (χ3n) is 6.04. The number of likely N-dealkylation sites (tertiary alicyclic amines) is 1. The first kappa shape index (κ1) is 16.9. The van der Waals surface area contributed by atoms with Crippen LogP contribution in [0.15, 0.2) is 36.4 Å². The second-order valence-electron chi connectivity index (χ2n) is 8.24. The first-order chi connectivity index (χ1) is 13.2. The highest BCUT2D eigenvalue weighted by molar-refractivity contribution is 5.76. The Hall–Kier alpha value is -2.24. The zero-order chi connectivity index (χ0) is 18.4. The molecular formula is C22H27N5. The zero-order valence-electron chi connectivity index (χ0n) is 15.9. The van der Waals surface area contributed by atoms with Crippen molar-refractivity contribution in [1.29, 1.82) is 0 Å². The predicted octanol–water partition coefficient (Wildman–Crippen LogP) is 2.92. The minimum absolute atomic E-state index is 0.0815. The molecule has 1 atom stereocenters. The second kappa shape index (κ2) is 6.73. The van der Waals surface area contributed by atoms with Crippen molar-refractivity contribution in [3.8, 4) is 0 Å². The van der Waals surface area contributed by atoms with Gasteiger partial charge in [0.2, 0.25) is 0 Å². The third kappa shape index (κ3) is 3.15. The minimum atomic E-state index is 0.0815. The van der Waals surface area contributed by atoms with Gasteiger partial charge in [0.1, 0.15) is 5.82 Å². The molecule has 1 fully saturated rings. The smallest absolute Gasteiger partial charge is 0.115 e. The molecule has 0 bridgehead atoms. The summed E-state index contributed by atoms with van der Waals surface area (Å²) in [5.41, 5.74) is 12.1. The number of hydrogen-bond donors (Lipinski definition) is 1. The average molecular weight is 361 g/mol. The second-order valence-corrected chi connectivity index (χ2v) is 8.24. The van der Waals surface area contributed by atoms with E-state index in [1.807, 2.05) is 0 Å². The third-order valence-corrected chi connectivity index (χ3v) is 6.04. The monoisotopic (exact) mass is 361 g/mol. The van der Waals surface area contributed by atoms with Crippen LogP contribution in [-0.2, 0) is 19.4 Å². The van der Waals surface area contributed by atoms with Gasteiger partial charge < -0.3 is 15.2 Å². The van der Waals surface area contributed by atoms with E-state index >= 15 is 0 Å². The van der Waals surface area contributed by atoms with Gasteiger partial charge in [-0.05, 0) is 50.1 Å². The SMILES string of the molecule is CN1CC(Cn2c(Cc3ccc4c(n3)C(N)CCC4)nc3ccccc32)C1. The molecule has 1 unspecified atom stereocenters. The number of hydrogen-bond acceptors (Lipinski definition) is 4. The van der Waals surface area contributed by atoms with Gasteiger partial charge in [-0.2, -0.15) is 0 Å². The maximum Gasteiger partial charge on any atom is 0.115 e. The number of fused-ring (bicyclic) bond motifs is 2. The molecule has 2 N–H and O–H groups in total. The number of pyridine rings is 1. The van der Waals surface area contributed by atoms with Crippen LogP contribution in [0.5, 0.6) is 0 Å². The minimum Gasteiger partial charge on any atom is -0.327 e. The summed E-state index contributed by atoms with van der Waals surface area (Å²) in [7, 11) is 2.18. The Morgan fingerprint density at radius 2 is 1.96 bits per heavy atom. The van der Waals surface area contributed by atoms with E-state index in [2.05, 4.69) is 52.9 Å². The van der Waals surface area contributed by atoms with Gasteiger partial charge in [0, 0.05) is 43.7 Å². The molecule has 2 aromatic heterocycles. The molecule has 0 amide bonds. The molecule has 1 aromatic carbocycles. The van der Waals surface area contributed by atoms with Crippen LogP contribution in [0.25, 0.3) is 11.0 Å². The van der Waals surface area contributed by atoms with Gasteiger partial charge in [-0.25, -0.2) is 4.98 Å². The van der Waals surface area contributed by atoms with Gasteiger partial charge in [0.15, 0.2) is 0 Å². The summed E-state index contributed by atoms with van der Waals surface area (Å²) in [6.45, 7) is 3.36. The normalized spacial score (nSPS) is 20.6. The molecule has 0 radical (unpaired) electrons. The number of nitrogens with zero attached hydrogens (tertiary/aromatic N) is 4. The Kier molecular flexibility index (Phi) is 4.21. The molecule has 1 aliphatic carbocycles. The molecule has 140 valence electrons. The molecular weight excluding hydrogens is 334 g/mol. The quantitative estimate of drug-likeness (QED) is 0.776. The van der Waals surface area contributed by atoms with Crippen molar-refractivity contribution in [3.63, 3.8) is 0 Å². The van der Waals surface area contributed by atoms with Crippen LogP contribution >= 0.6 is 0 Å². The predicted molar refractivity (Wildman–Crippen MR) is 108 cm³/mol. The molecule has 27 heavy (non-hydrogen) atoms. The number of aromatic nitrogens is 3. The van der Waals surface area contributed by atoms with E-state index in [0.29, 0.717) is 5.92 Å². The van der Waals surface area contributed by atoms with E-state index in [4.69, 9.17) is 15.7 Å². The van der Waals surface area contributed by atoms with Crippen LogP contribution in [0.1, 0.15) is 41.7 Å². The summed E-state index contributed by atoms with van der Waals surface area (Å²) in [6.07, 6.45) is 4.07. The molecule has 0 spiro atoms. The summed E-state index contributed by atoms with van der Waals surface area (Å²) in [6, 6.07) is 12.9. The first-order valence-electron chi connectivity index (χ1n) is 10.0. The van der Waals surface area contributed by atoms with Crippen LogP contribution in [0.3, 0.4) is 0 Å². The van der Waals surface area contributed by atoms with E-state index in [1.54, 1.807) is 0 Å². The van der Waals surface area contributed by atoms with E-state index < -0.39 is 0 Å². The maximum absolute atomic E-state index is 6.32. The van der Waals surface area contributed by atoms with Crippen LogP contribution in [-0.4, -0.2) is 39.6 Å². The van der Waals surface area contributed by atoms with Gasteiger partial charge in [-0.15, -0.1) is 0 Å². The van der Waals surface area contributed by atoms with Crippen molar-refractivity contribution in [2.75, 3.05) is 20.1 Å². The fraction of sp³-hybridized carbons (Fsp3) is 0.455. The zero-order valence-corrected chi connectivity index (χ0v) is 15.9. The summed E-state index contributed by atoms with van der Waals surface area (Å²) in [5, 5.41) is 0. The standard InChI is InChI=1S/C22H27N5/c1-26-12-15(13-26)14-27-20-8-3-2-7-19(20)25-21(27)11-17-10-9-16-5-4-6-18(23)22(16)24-17/h2-3,7-10,15,18H,4-6,11-14,23H2,1H3. The van der Waals surface area contributed by atoms with Crippen LogP contribution in [0, 0.1) is 5.92 Å². The topological polar surface area (TPSA) is 60.0 Å². The summed E-state index contributed by atoms with van der Waals surface area (Å²) in [4.78, 5) is 12.3. The maximum atomic E-state index is 6.32. The molecule has 3 aromatic rings. The number of rotatable bonds is 4. The summed E-state index contributed by atoms with van der Waals surface area (Å²) in [5.74, 6) is 1.82. The van der Waals surface area contributed by atoms with E-state index in [1.165, 1.54) is 17.5 Å². The number of imidazole rings is 1. The number of nitrogens with two attached hydrogens (primary N) is 1. The molecule has 1 saturated heterocycles. The molecule has 5 heteroatoms. The highest BCUT2D eigenvalue weighted by Crippen LogP contribution is 2.28. The molecule has 1 aliphatic heterocycles. The van der Waals surface area contributed by atoms with E-state index in [9.17, 15) is 0 Å². The molecule has 2 aliphatic rings. The lowest BCUT2D eigenvalue weighted by Gasteiger charge is -2.36. The Balaban J connectivity index is 1.48. The Bertz CT molecular complexity index is 970. The van der Waals surface area contributed by atoms with Crippen molar-refractivity contribution >= 4 is 11.0 Å². The average Bonchev–Trinajstić information content (AvgIpc) is 2.98. The van der Waals surface area contributed by atoms with Crippen LogP contribution < -0.4 is 5.73 Å². The summed E-state index contributed by atoms with van der Waals surface area (Å²) < 4.78 is 2.41.